The van der Waals surface area contributed by atoms with Gasteiger partial charge in [-0.15, -0.1) is 0 Å². The number of rotatable bonds is 4. The highest BCUT2D eigenvalue weighted by Crippen LogP contribution is 2.41. The predicted molar refractivity (Wildman–Crippen MR) is 101 cm³/mol. The Kier molecular flexibility index (Phi) is 7.10. The van der Waals surface area contributed by atoms with E-state index < -0.39 is 12.1 Å². The van der Waals surface area contributed by atoms with Crippen LogP contribution in [0.5, 0.6) is 0 Å². The van der Waals surface area contributed by atoms with Gasteiger partial charge in [0.25, 0.3) is 0 Å². The molecule has 3 aliphatic rings. The molecule has 3 aliphatic heterocycles. The number of halogens is 3. The minimum absolute atomic E-state index is 0.0359. The number of likely N-dealkylation sites (tertiary alicyclic amines) is 2. The van der Waals surface area contributed by atoms with E-state index >= 15 is 0 Å². The van der Waals surface area contributed by atoms with Gasteiger partial charge in [-0.25, -0.2) is 9.59 Å². The second-order valence-corrected chi connectivity index (χ2v) is 8.33. The smallest absolute Gasteiger partial charge is 0.475 e. The third-order valence-corrected chi connectivity index (χ3v) is 5.88. The first kappa shape index (κ1) is 23.3. The average Bonchev–Trinajstić information content (AvgIpc) is 3.44. The lowest BCUT2D eigenvalue weighted by Gasteiger charge is -2.28. The lowest BCUT2D eigenvalue weighted by atomic mass is 9.81. The molecule has 0 radical (unpaired) electrons. The number of ether oxygens (including phenoxy) is 1. The van der Waals surface area contributed by atoms with E-state index in [-0.39, 0.29) is 11.4 Å². The van der Waals surface area contributed by atoms with Crippen LogP contribution in [-0.4, -0.2) is 84.2 Å². The van der Waals surface area contributed by atoms with Gasteiger partial charge < -0.3 is 24.6 Å². The number of aromatic nitrogens is 1. The largest absolute Gasteiger partial charge is 0.490 e. The van der Waals surface area contributed by atoms with Gasteiger partial charge in [-0.1, -0.05) is 5.16 Å². The molecule has 4 rings (SSSR count). The van der Waals surface area contributed by atoms with Crippen molar-refractivity contribution >= 4 is 12.0 Å². The molecule has 174 valence electrons. The zero-order chi connectivity index (χ0) is 22.6. The van der Waals surface area contributed by atoms with E-state index in [1.54, 1.807) is 0 Å². The van der Waals surface area contributed by atoms with Crippen LogP contribution in [0.4, 0.5) is 18.0 Å². The number of nitrogens with zero attached hydrogens (tertiary/aromatic N) is 3. The molecule has 31 heavy (non-hydrogen) atoms. The molecule has 0 spiro atoms. The summed E-state index contributed by atoms with van der Waals surface area (Å²) in [5.74, 6) is -1.43. The Bertz CT molecular complexity index is 781. The number of nitrogens with one attached hydrogen (secondary N) is 1. The summed E-state index contributed by atoms with van der Waals surface area (Å²) in [6.45, 7) is 8.62. The fourth-order valence-electron chi connectivity index (χ4n) is 4.32. The summed E-state index contributed by atoms with van der Waals surface area (Å²) in [7, 11) is 0. The first-order chi connectivity index (χ1) is 14.6. The average molecular weight is 448 g/mol. The lowest BCUT2D eigenvalue weighted by molar-refractivity contribution is -0.192. The van der Waals surface area contributed by atoms with Gasteiger partial charge in [0.1, 0.15) is 5.76 Å². The fraction of sp³-hybridized carbons (Fsp3) is 0.737. The minimum atomic E-state index is -5.08. The first-order valence-electron chi connectivity index (χ1n) is 10.1. The normalized spacial score (nSPS) is 25.8. The lowest BCUT2D eigenvalue weighted by Crippen LogP contribution is -2.47. The molecule has 0 unspecified atom stereocenters. The summed E-state index contributed by atoms with van der Waals surface area (Å²) >= 11 is 0. The number of aliphatic carboxylic acids is 1. The molecule has 4 heterocycles. The zero-order valence-corrected chi connectivity index (χ0v) is 17.3. The Morgan fingerprint density at radius 3 is 2.61 bits per heavy atom. The van der Waals surface area contributed by atoms with Crippen molar-refractivity contribution in [3.05, 3.63) is 17.5 Å². The van der Waals surface area contributed by atoms with Crippen molar-refractivity contribution in [3.63, 3.8) is 0 Å². The van der Waals surface area contributed by atoms with Gasteiger partial charge in [0.2, 0.25) is 0 Å². The summed E-state index contributed by atoms with van der Waals surface area (Å²) in [5.41, 5.74) is 1.01. The number of carbonyl (C=O) groups is 2. The summed E-state index contributed by atoms with van der Waals surface area (Å²) in [6.07, 6.45) is -2.84. The molecule has 1 aromatic rings. The third kappa shape index (κ3) is 5.88. The maximum atomic E-state index is 12.3. The van der Waals surface area contributed by atoms with E-state index in [9.17, 15) is 18.0 Å². The predicted octanol–water partition coefficient (Wildman–Crippen LogP) is 1.87. The number of carboxylic acids is 1. The Morgan fingerprint density at radius 1 is 1.35 bits per heavy atom. The minimum Gasteiger partial charge on any atom is -0.475 e. The van der Waals surface area contributed by atoms with Crippen LogP contribution in [0, 0.1) is 18.3 Å². The van der Waals surface area contributed by atoms with Gasteiger partial charge in [-0.3, -0.25) is 4.90 Å². The molecule has 2 N–H and O–H groups in total. The highest BCUT2D eigenvalue weighted by atomic mass is 19.4. The Morgan fingerprint density at radius 2 is 2.03 bits per heavy atom. The van der Waals surface area contributed by atoms with Crippen LogP contribution in [0.25, 0.3) is 0 Å². The molecule has 12 heteroatoms. The van der Waals surface area contributed by atoms with Gasteiger partial charge in [0.15, 0.2) is 0 Å². The molecule has 3 saturated heterocycles. The fourth-order valence-corrected chi connectivity index (χ4v) is 4.32. The number of hydrogen-bond donors (Lipinski definition) is 2. The highest BCUT2D eigenvalue weighted by molar-refractivity contribution is 5.74. The van der Waals surface area contributed by atoms with Crippen molar-refractivity contribution in [1.29, 1.82) is 0 Å². The summed E-state index contributed by atoms with van der Waals surface area (Å²) in [4.78, 5) is 25.5. The number of urea groups is 1. The summed E-state index contributed by atoms with van der Waals surface area (Å²) in [5, 5.41) is 14.4. The molecule has 0 aromatic carbocycles. The molecule has 0 bridgehead atoms. The number of alkyl halides is 3. The van der Waals surface area contributed by atoms with Gasteiger partial charge in [-0.05, 0) is 19.8 Å². The number of aryl methyl sites for hydroxylation is 1. The number of fused-ring (bicyclic) bond motifs is 1. The molecular weight excluding hydrogens is 421 g/mol. The van der Waals surface area contributed by atoms with E-state index in [1.807, 2.05) is 17.9 Å². The Balaban J connectivity index is 0.000000339. The van der Waals surface area contributed by atoms with Crippen LogP contribution >= 0.6 is 0 Å². The van der Waals surface area contributed by atoms with Crippen molar-refractivity contribution in [2.24, 2.45) is 11.3 Å². The highest BCUT2D eigenvalue weighted by Gasteiger charge is 2.50. The number of hydrogen-bond acceptors (Lipinski definition) is 6. The van der Waals surface area contributed by atoms with Crippen molar-refractivity contribution in [2.75, 3.05) is 45.9 Å². The van der Waals surface area contributed by atoms with Crippen molar-refractivity contribution < 1.29 is 37.1 Å². The summed E-state index contributed by atoms with van der Waals surface area (Å²) < 4.78 is 42.7. The van der Waals surface area contributed by atoms with Crippen molar-refractivity contribution in [3.8, 4) is 0 Å². The standard InChI is InChI=1S/C17H26N4O3.C2HF3O2/c1-13-6-15(19-24-13)8-20-7-14-9-23-12-17(14,11-20)10-18-16(22)21-4-2-3-5-21;3-2(4,5)1(6)7/h6,14H,2-5,7-12H2,1H3,(H,18,22);(H,6,7)/t14-,17+;/m1./s1. The number of amides is 2. The molecule has 2 atom stereocenters. The van der Waals surface area contributed by atoms with Gasteiger partial charge >= 0.3 is 18.2 Å². The monoisotopic (exact) mass is 448 g/mol. The Hall–Kier alpha value is -2.34. The van der Waals surface area contributed by atoms with Crippen molar-refractivity contribution in [2.45, 2.75) is 32.5 Å². The van der Waals surface area contributed by atoms with Crippen LogP contribution in [-0.2, 0) is 16.1 Å². The van der Waals surface area contributed by atoms with E-state index in [0.29, 0.717) is 12.5 Å². The maximum absolute atomic E-state index is 12.3. The molecule has 0 saturated carbocycles. The van der Waals surface area contributed by atoms with E-state index in [0.717, 1.165) is 70.2 Å². The SMILES string of the molecule is Cc1cc(CN2C[C@@H]3COC[C@]3(CNC(=O)N3CCCC3)C2)no1.O=C(O)C(F)(F)F. The molecule has 3 fully saturated rings. The van der Waals surface area contributed by atoms with Crippen molar-refractivity contribution in [1.82, 2.24) is 20.3 Å². The van der Waals surface area contributed by atoms with Crippen LogP contribution < -0.4 is 5.32 Å². The summed E-state index contributed by atoms with van der Waals surface area (Å²) in [6, 6.07) is 2.07. The van der Waals surface area contributed by atoms with Crippen LogP contribution in [0.2, 0.25) is 0 Å². The van der Waals surface area contributed by atoms with Crippen LogP contribution in [0.15, 0.2) is 10.6 Å². The topological polar surface area (TPSA) is 108 Å². The third-order valence-electron chi connectivity index (χ3n) is 5.88. The van der Waals surface area contributed by atoms with E-state index in [2.05, 4.69) is 15.4 Å². The maximum Gasteiger partial charge on any atom is 0.490 e. The first-order valence-corrected chi connectivity index (χ1v) is 10.1. The van der Waals surface area contributed by atoms with Crippen LogP contribution in [0.3, 0.4) is 0 Å². The molecule has 0 aliphatic carbocycles. The zero-order valence-electron chi connectivity index (χ0n) is 17.3. The Labute approximate surface area is 177 Å². The molecular formula is C19H27F3N4O5. The van der Waals surface area contributed by atoms with Crippen LogP contribution in [0.1, 0.15) is 24.3 Å². The molecule has 1 aromatic heterocycles. The second kappa shape index (κ2) is 9.43. The number of carboxylic acid groups (broad SMARTS) is 1. The van der Waals surface area contributed by atoms with Gasteiger partial charge in [0.05, 0.1) is 18.9 Å². The number of carbonyl (C=O) groups excluding carboxylic acids is 1. The quantitative estimate of drug-likeness (QED) is 0.724. The van der Waals surface area contributed by atoms with E-state index in [1.165, 1.54) is 0 Å². The molecule has 2 amide bonds. The van der Waals surface area contributed by atoms with Gasteiger partial charge in [-0.2, -0.15) is 13.2 Å². The van der Waals surface area contributed by atoms with Gasteiger partial charge in [0, 0.05) is 56.7 Å². The molecule has 9 nitrogen and oxygen atoms in total. The second-order valence-electron chi connectivity index (χ2n) is 8.33. The van der Waals surface area contributed by atoms with E-state index in [4.69, 9.17) is 19.2 Å².